The zero-order valence-electron chi connectivity index (χ0n) is 7.85. The molecule has 0 fully saturated rings. The van der Waals surface area contributed by atoms with E-state index in [0.29, 0.717) is 11.6 Å². The fourth-order valence-electron chi connectivity index (χ4n) is 1.09. The van der Waals surface area contributed by atoms with Crippen molar-refractivity contribution in [1.82, 2.24) is 4.98 Å². The van der Waals surface area contributed by atoms with Gasteiger partial charge in [0, 0.05) is 6.07 Å². The molecule has 0 radical (unpaired) electrons. The predicted molar refractivity (Wildman–Crippen MR) is 67.9 cm³/mol. The van der Waals surface area contributed by atoms with E-state index in [4.69, 9.17) is 10.5 Å². The van der Waals surface area contributed by atoms with E-state index in [-0.39, 0.29) is 0 Å². The van der Waals surface area contributed by atoms with E-state index in [0.717, 1.165) is 9.32 Å². The van der Waals surface area contributed by atoms with E-state index in [2.05, 4.69) is 27.6 Å². The molecule has 0 unspecified atom stereocenters. The number of para-hydroxylation sites is 1. The van der Waals surface area contributed by atoms with Crippen molar-refractivity contribution in [2.45, 2.75) is 0 Å². The highest BCUT2D eigenvalue weighted by molar-refractivity contribution is 14.1. The second-order valence-corrected chi connectivity index (χ2v) is 4.12. The lowest BCUT2D eigenvalue weighted by Gasteiger charge is -2.06. The Morgan fingerprint density at radius 2 is 1.93 bits per heavy atom. The molecule has 0 aliphatic carbocycles. The van der Waals surface area contributed by atoms with Crippen LogP contribution in [0.15, 0.2) is 42.6 Å². The Morgan fingerprint density at radius 3 is 2.60 bits per heavy atom. The van der Waals surface area contributed by atoms with E-state index in [1.165, 1.54) is 0 Å². The lowest BCUT2D eigenvalue weighted by molar-refractivity contribution is 0.460. The normalized spacial score (nSPS) is 9.93. The number of rotatable bonds is 2. The monoisotopic (exact) mass is 312 g/mol. The van der Waals surface area contributed by atoms with Crippen LogP contribution in [0, 0.1) is 3.57 Å². The summed E-state index contributed by atoms with van der Waals surface area (Å²) in [5, 5.41) is 0. The first-order valence-electron chi connectivity index (χ1n) is 4.39. The minimum atomic E-state index is 0.549. The highest BCUT2D eigenvalue weighted by atomic mass is 127. The highest BCUT2D eigenvalue weighted by Gasteiger charge is 2.01. The van der Waals surface area contributed by atoms with Crippen LogP contribution in [0.4, 0.5) is 5.69 Å². The minimum Gasteiger partial charge on any atom is -0.438 e. The number of nitrogen functional groups attached to an aromatic ring is 1. The van der Waals surface area contributed by atoms with Gasteiger partial charge in [-0.05, 0) is 40.8 Å². The molecule has 1 aromatic heterocycles. The molecule has 0 saturated carbocycles. The lowest BCUT2D eigenvalue weighted by Crippen LogP contribution is -1.91. The average molecular weight is 312 g/mol. The highest BCUT2D eigenvalue weighted by Crippen LogP contribution is 2.24. The van der Waals surface area contributed by atoms with Gasteiger partial charge in [-0.1, -0.05) is 12.1 Å². The maximum atomic E-state index is 5.59. The Balaban J connectivity index is 2.22. The number of hydrogen-bond donors (Lipinski definition) is 1. The van der Waals surface area contributed by atoms with Crippen molar-refractivity contribution in [3.63, 3.8) is 0 Å². The summed E-state index contributed by atoms with van der Waals surface area (Å²) in [6.45, 7) is 0. The summed E-state index contributed by atoms with van der Waals surface area (Å²) >= 11 is 2.22. The number of benzene rings is 1. The van der Waals surface area contributed by atoms with Crippen LogP contribution in [0.2, 0.25) is 0 Å². The molecule has 0 aliphatic rings. The molecule has 3 nitrogen and oxygen atoms in total. The van der Waals surface area contributed by atoms with Gasteiger partial charge in [-0.25, -0.2) is 4.98 Å². The second kappa shape index (κ2) is 4.48. The quantitative estimate of drug-likeness (QED) is 0.867. The molecule has 1 aromatic carbocycles. The summed E-state index contributed by atoms with van der Waals surface area (Å²) < 4.78 is 6.64. The summed E-state index contributed by atoms with van der Waals surface area (Å²) in [6, 6.07) is 11.3. The van der Waals surface area contributed by atoms with Crippen LogP contribution in [0.1, 0.15) is 0 Å². The van der Waals surface area contributed by atoms with Crippen molar-refractivity contribution in [3.8, 4) is 11.6 Å². The Bertz CT molecular complexity index is 456. The van der Waals surface area contributed by atoms with E-state index in [1.807, 2.05) is 24.3 Å². The Labute approximate surface area is 101 Å². The van der Waals surface area contributed by atoms with Crippen LogP contribution in [0.5, 0.6) is 11.6 Å². The van der Waals surface area contributed by atoms with Crippen LogP contribution in [-0.2, 0) is 0 Å². The van der Waals surface area contributed by atoms with Gasteiger partial charge < -0.3 is 10.5 Å². The molecule has 0 spiro atoms. The summed E-state index contributed by atoms with van der Waals surface area (Å²) in [5.41, 5.74) is 6.16. The van der Waals surface area contributed by atoms with Gasteiger partial charge in [-0.15, -0.1) is 0 Å². The number of anilines is 1. The Hall–Kier alpha value is -1.30. The maximum absolute atomic E-state index is 5.59. The number of halogens is 1. The molecule has 0 saturated heterocycles. The molecule has 2 N–H and O–H groups in total. The summed E-state index contributed by atoms with van der Waals surface area (Å²) in [7, 11) is 0. The van der Waals surface area contributed by atoms with Crippen LogP contribution >= 0.6 is 22.6 Å². The summed E-state index contributed by atoms with van der Waals surface area (Å²) in [5.74, 6) is 1.35. The molecule has 4 heteroatoms. The third kappa shape index (κ3) is 2.59. The fourth-order valence-corrected chi connectivity index (χ4v) is 1.59. The van der Waals surface area contributed by atoms with Gasteiger partial charge in [0.2, 0.25) is 5.88 Å². The van der Waals surface area contributed by atoms with Gasteiger partial charge in [0.05, 0.1) is 15.5 Å². The van der Waals surface area contributed by atoms with Crippen molar-refractivity contribution in [2.75, 3.05) is 5.73 Å². The molecule has 0 aliphatic heterocycles. The first-order chi connectivity index (χ1) is 7.25. The van der Waals surface area contributed by atoms with Crippen molar-refractivity contribution in [1.29, 1.82) is 0 Å². The number of nitrogens with two attached hydrogens (primary N) is 1. The fraction of sp³-hybridized carbons (Fsp3) is 0. The minimum absolute atomic E-state index is 0.549. The zero-order chi connectivity index (χ0) is 10.7. The summed E-state index contributed by atoms with van der Waals surface area (Å²) in [4.78, 5) is 4.06. The Kier molecular flexibility index (Phi) is 3.05. The number of pyridine rings is 1. The third-order valence-corrected chi connectivity index (χ3v) is 2.70. The third-order valence-electron chi connectivity index (χ3n) is 1.81. The lowest BCUT2D eigenvalue weighted by atomic mass is 10.3. The molecular weight excluding hydrogens is 303 g/mol. The van der Waals surface area contributed by atoms with E-state index >= 15 is 0 Å². The van der Waals surface area contributed by atoms with Crippen molar-refractivity contribution >= 4 is 28.3 Å². The molecule has 15 heavy (non-hydrogen) atoms. The summed E-state index contributed by atoms with van der Waals surface area (Å²) in [6.07, 6.45) is 1.57. The van der Waals surface area contributed by atoms with Crippen LogP contribution < -0.4 is 10.5 Å². The predicted octanol–water partition coefficient (Wildman–Crippen LogP) is 3.06. The van der Waals surface area contributed by atoms with Gasteiger partial charge >= 0.3 is 0 Å². The van der Waals surface area contributed by atoms with Crippen molar-refractivity contribution < 1.29 is 4.74 Å². The van der Waals surface area contributed by atoms with Crippen molar-refractivity contribution in [3.05, 3.63) is 46.2 Å². The van der Waals surface area contributed by atoms with Crippen LogP contribution in [-0.4, -0.2) is 4.98 Å². The standard InChI is InChI=1S/C11H9IN2O/c12-9-3-1-2-4-10(9)15-11-6-5-8(13)7-14-11/h1-7H,13H2. The number of hydrogen-bond acceptors (Lipinski definition) is 3. The molecule has 2 rings (SSSR count). The van der Waals surface area contributed by atoms with Gasteiger partial charge in [0.15, 0.2) is 0 Å². The second-order valence-electron chi connectivity index (χ2n) is 2.96. The molecule has 1 heterocycles. The van der Waals surface area contributed by atoms with Gasteiger partial charge in [0.25, 0.3) is 0 Å². The average Bonchev–Trinajstić information content (AvgIpc) is 2.25. The molecular formula is C11H9IN2O. The number of ether oxygens (including phenoxy) is 1. The van der Waals surface area contributed by atoms with Crippen LogP contribution in [0.3, 0.4) is 0 Å². The van der Waals surface area contributed by atoms with E-state index in [1.54, 1.807) is 18.3 Å². The molecule has 0 amide bonds. The smallest absolute Gasteiger partial charge is 0.219 e. The Morgan fingerprint density at radius 1 is 1.13 bits per heavy atom. The zero-order valence-corrected chi connectivity index (χ0v) is 10.0. The first-order valence-corrected chi connectivity index (χ1v) is 5.47. The maximum Gasteiger partial charge on any atom is 0.219 e. The number of aromatic nitrogens is 1. The largest absolute Gasteiger partial charge is 0.438 e. The van der Waals surface area contributed by atoms with Crippen molar-refractivity contribution in [2.24, 2.45) is 0 Å². The SMILES string of the molecule is Nc1ccc(Oc2ccccc2I)nc1. The number of nitrogens with zero attached hydrogens (tertiary/aromatic N) is 1. The molecule has 76 valence electrons. The van der Waals surface area contributed by atoms with Gasteiger partial charge in [-0.3, -0.25) is 0 Å². The van der Waals surface area contributed by atoms with Crippen LogP contribution in [0.25, 0.3) is 0 Å². The molecule has 0 bridgehead atoms. The first kappa shape index (κ1) is 10.2. The van der Waals surface area contributed by atoms with E-state index < -0.39 is 0 Å². The topological polar surface area (TPSA) is 48.1 Å². The van der Waals surface area contributed by atoms with E-state index in [9.17, 15) is 0 Å². The van der Waals surface area contributed by atoms with Gasteiger partial charge in [0.1, 0.15) is 5.75 Å². The van der Waals surface area contributed by atoms with Gasteiger partial charge in [-0.2, -0.15) is 0 Å². The molecule has 0 atom stereocenters. The molecule has 2 aromatic rings.